The summed E-state index contributed by atoms with van der Waals surface area (Å²) in [5, 5.41) is 13.5. The van der Waals surface area contributed by atoms with E-state index in [4.69, 9.17) is 4.74 Å². The van der Waals surface area contributed by atoms with Crippen LogP contribution in [0, 0.1) is 5.92 Å². The number of hydrogen-bond donors (Lipinski definition) is 2. The molecule has 3 atom stereocenters. The summed E-state index contributed by atoms with van der Waals surface area (Å²) >= 11 is 0. The van der Waals surface area contributed by atoms with Gasteiger partial charge in [-0.1, -0.05) is 39.0 Å². The van der Waals surface area contributed by atoms with Crippen molar-refractivity contribution in [2.45, 2.75) is 83.0 Å². The van der Waals surface area contributed by atoms with E-state index >= 15 is 0 Å². The molecule has 0 spiro atoms. The second-order valence-electron chi connectivity index (χ2n) is 6.44. The van der Waals surface area contributed by atoms with Crippen LogP contribution in [0.5, 0.6) is 0 Å². The van der Waals surface area contributed by atoms with Crippen LogP contribution in [0.15, 0.2) is 0 Å². The van der Waals surface area contributed by atoms with Crippen molar-refractivity contribution in [1.29, 1.82) is 0 Å². The molecule has 2 saturated carbocycles. The molecule has 2 aliphatic rings. The summed E-state index contributed by atoms with van der Waals surface area (Å²) in [5.74, 6) is 0.887. The minimum absolute atomic E-state index is 0.345. The summed E-state index contributed by atoms with van der Waals surface area (Å²) in [6.45, 7) is 3.48. The molecule has 112 valence electrons. The molecule has 3 unspecified atom stereocenters. The third-order valence-electron chi connectivity index (χ3n) is 4.83. The molecule has 0 aliphatic heterocycles. The van der Waals surface area contributed by atoms with Crippen molar-refractivity contribution in [3.8, 4) is 0 Å². The van der Waals surface area contributed by atoms with Crippen LogP contribution in [0.25, 0.3) is 0 Å². The highest BCUT2D eigenvalue weighted by Gasteiger charge is 2.21. The lowest BCUT2D eigenvalue weighted by atomic mass is 9.84. The number of hydrogen-bond acceptors (Lipinski definition) is 3. The lowest BCUT2D eigenvalue weighted by molar-refractivity contribution is -0.00682. The fourth-order valence-corrected chi connectivity index (χ4v) is 3.51. The highest BCUT2D eigenvalue weighted by molar-refractivity contribution is 4.78. The zero-order valence-electron chi connectivity index (χ0n) is 12.4. The van der Waals surface area contributed by atoms with Crippen LogP contribution in [0.3, 0.4) is 0 Å². The second-order valence-corrected chi connectivity index (χ2v) is 6.44. The largest absolute Gasteiger partial charge is 0.389 e. The van der Waals surface area contributed by atoms with Gasteiger partial charge in [0.25, 0.3) is 0 Å². The maximum atomic E-state index is 9.98. The molecular formula is C16H31NO2. The van der Waals surface area contributed by atoms with Crippen LogP contribution in [0.1, 0.15) is 64.7 Å². The Bertz CT molecular complexity index is 241. The van der Waals surface area contributed by atoms with Gasteiger partial charge in [0.05, 0.1) is 18.8 Å². The van der Waals surface area contributed by atoms with Crippen molar-refractivity contribution in [1.82, 2.24) is 5.32 Å². The summed E-state index contributed by atoms with van der Waals surface area (Å²) in [6, 6.07) is 0.611. The molecule has 0 radical (unpaired) electrons. The third-order valence-corrected chi connectivity index (χ3v) is 4.83. The Labute approximate surface area is 118 Å². The van der Waals surface area contributed by atoms with E-state index in [1.54, 1.807) is 0 Å². The average Bonchev–Trinajstić information content (AvgIpc) is 2.96. The fourth-order valence-electron chi connectivity index (χ4n) is 3.51. The third kappa shape index (κ3) is 5.41. The fraction of sp³-hybridized carbons (Fsp3) is 1.00. The van der Waals surface area contributed by atoms with E-state index in [2.05, 4.69) is 12.2 Å². The molecule has 19 heavy (non-hydrogen) atoms. The molecule has 0 aromatic carbocycles. The number of aliphatic hydroxyl groups is 1. The molecule has 2 aliphatic carbocycles. The van der Waals surface area contributed by atoms with Gasteiger partial charge in [-0.25, -0.2) is 0 Å². The van der Waals surface area contributed by atoms with Crippen molar-refractivity contribution in [2.24, 2.45) is 5.92 Å². The quantitative estimate of drug-likeness (QED) is 0.747. The zero-order valence-corrected chi connectivity index (χ0v) is 12.4. The van der Waals surface area contributed by atoms with Gasteiger partial charge < -0.3 is 15.2 Å². The summed E-state index contributed by atoms with van der Waals surface area (Å²) < 4.78 is 5.76. The van der Waals surface area contributed by atoms with Gasteiger partial charge in [-0.2, -0.15) is 0 Å². The number of rotatable bonds is 7. The number of nitrogens with one attached hydrogen (secondary N) is 1. The van der Waals surface area contributed by atoms with E-state index in [0.29, 0.717) is 25.3 Å². The van der Waals surface area contributed by atoms with Crippen molar-refractivity contribution in [3.63, 3.8) is 0 Å². The minimum atomic E-state index is -0.345. The van der Waals surface area contributed by atoms with Gasteiger partial charge >= 0.3 is 0 Å². The average molecular weight is 269 g/mol. The molecule has 2 rings (SSSR count). The first kappa shape index (κ1) is 15.3. The van der Waals surface area contributed by atoms with Crippen LogP contribution in [-0.2, 0) is 4.74 Å². The van der Waals surface area contributed by atoms with E-state index in [1.165, 1.54) is 57.8 Å². The molecule has 2 fully saturated rings. The summed E-state index contributed by atoms with van der Waals surface area (Å²) in [7, 11) is 0. The molecular weight excluding hydrogens is 238 g/mol. The lowest BCUT2D eigenvalue weighted by Crippen LogP contribution is -2.40. The van der Waals surface area contributed by atoms with Crippen LogP contribution in [0.2, 0.25) is 0 Å². The predicted octanol–water partition coefficient (Wildman–Crippen LogP) is 2.86. The van der Waals surface area contributed by atoms with E-state index in [0.717, 1.165) is 5.92 Å². The van der Waals surface area contributed by atoms with Crippen molar-refractivity contribution >= 4 is 0 Å². The molecule has 0 amide bonds. The monoisotopic (exact) mass is 269 g/mol. The van der Waals surface area contributed by atoms with Gasteiger partial charge in [-0.15, -0.1) is 0 Å². The first-order chi connectivity index (χ1) is 9.28. The summed E-state index contributed by atoms with van der Waals surface area (Å²) in [6.07, 6.45) is 11.6. The zero-order chi connectivity index (χ0) is 13.5. The normalized spacial score (nSPS) is 30.6. The van der Waals surface area contributed by atoms with Gasteiger partial charge in [-0.05, 0) is 31.6 Å². The molecule has 3 nitrogen and oxygen atoms in total. The first-order valence-corrected chi connectivity index (χ1v) is 8.31. The maximum absolute atomic E-state index is 9.98. The Morgan fingerprint density at radius 2 is 1.95 bits per heavy atom. The topological polar surface area (TPSA) is 41.5 Å². The standard InChI is InChI=1S/C16H31NO2/c1-2-13-6-5-7-14(10-13)17-11-15(18)12-19-16-8-3-4-9-16/h13-18H,2-12H2,1H3. The Morgan fingerprint density at radius 3 is 2.68 bits per heavy atom. The van der Waals surface area contributed by atoms with E-state index in [1.807, 2.05) is 0 Å². The summed E-state index contributed by atoms with van der Waals surface area (Å²) in [5.41, 5.74) is 0. The minimum Gasteiger partial charge on any atom is -0.389 e. The van der Waals surface area contributed by atoms with E-state index < -0.39 is 0 Å². The van der Waals surface area contributed by atoms with Crippen LogP contribution >= 0.6 is 0 Å². The lowest BCUT2D eigenvalue weighted by Gasteiger charge is -2.30. The molecule has 3 heteroatoms. The van der Waals surface area contributed by atoms with Crippen molar-refractivity contribution in [2.75, 3.05) is 13.2 Å². The summed E-state index contributed by atoms with van der Waals surface area (Å²) in [4.78, 5) is 0. The molecule has 0 bridgehead atoms. The van der Waals surface area contributed by atoms with Crippen LogP contribution < -0.4 is 5.32 Å². The number of ether oxygens (including phenoxy) is 1. The van der Waals surface area contributed by atoms with E-state index in [9.17, 15) is 5.11 Å². The van der Waals surface area contributed by atoms with Gasteiger partial charge in [0.2, 0.25) is 0 Å². The molecule has 2 N–H and O–H groups in total. The molecule has 0 saturated heterocycles. The highest BCUT2D eigenvalue weighted by Crippen LogP contribution is 2.26. The Morgan fingerprint density at radius 1 is 1.16 bits per heavy atom. The smallest absolute Gasteiger partial charge is 0.0897 e. The van der Waals surface area contributed by atoms with Gasteiger partial charge in [0.1, 0.15) is 0 Å². The SMILES string of the molecule is CCC1CCCC(NCC(O)COC2CCCC2)C1. The predicted molar refractivity (Wildman–Crippen MR) is 78.3 cm³/mol. The first-order valence-electron chi connectivity index (χ1n) is 8.31. The van der Waals surface area contributed by atoms with E-state index in [-0.39, 0.29) is 6.10 Å². The Kier molecular flexibility index (Phi) is 6.62. The molecule has 0 aromatic rings. The van der Waals surface area contributed by atoms with Crippen molar-refractivity contribution < 1.29 is 9.84 Å². The van der Waals surface area contributed by atoms with Gasteiger partial charge in [0.15, 0.2) is 0 Å². The molecule has 0 heterocycles. The van der Waals surface area contributed by atoms with Crippen LogP contribution in [-0.4, -0.2) is 36.5 Å². The van der Waals surface area contributed by atoms with Crippen molar-refractivity contribution in [3.05, 3.63) is 0 Å². The van der Waals surface area contributed by atoms with Gasteiger partial charge in [0, 0.05) is 12.6 Å². The maximum Gasteiger partial charge on any atom is 0.0897 e. The Hall–Kier alpha value is -0.120. The molecule has 0 aromatic heterocycles. The van der Waals surface area contributed by atoms with Gasteiger partial charge in [-0.3, -0.25) is 0 Å². The second kappa shape index (κ2) is 8.23. The van der Waals surface area contributed by atoms with Crippen LogP contribution in [0.4, 0.5) is 0 Å². The Balaban J connectivity index is 1.56. The number of aliphatic hydroxyl groups excluding tert-OH is 1. The highest BCUT2D eigenvalue weighted by atomic mass is 16.5.